The predicted octanol–water partition coefficient (Wildman–Crippen LogP) is 1.40. The Bertz CT molecular complexity index is 431. The molecule has 154 valence electrons. The maximum atomic E-state index is 12.7. The smallest absolute Gasteiger partial charge is 0.222 e. The van der Waals surface area contributed by atoms with Crippen molar-refractivity contribution in [1.29, 1.82) is 0 Å². The fourth-order valence-electron chi connectivity index (χ4n) is 3.54. The Hall–Kier alpha value is -1.18. The van der Waals surface area contributed by atoms with Gasteiger partial charge in [0.2, 0.25) is 11.8 Å². The lowest BCUT2D eigenvalue weighted by Crippen LogP contribution is -2.51. The number of hydrogen-bond donors (Lipinski definition) is 2. The minimum absolute atomic E-state index is 0.113. The van der Waals surface area contributed by atoms with Crippen LogP contribution in [-0.2, 0) is 19.1 Å². The van der Waals surface area contributed by atoms with E-state index in [4.69, 9.17) is 15.2 Å². The number of likely N-dealkylation sites (N-methyl/N-ethyl adjacent to an activating group) is 1. The van der Waals surface area contributed by atoms with E-state index < -0.39 is 17.9 Å². The first-order valence-electron chi connectivity index (χ1n) is 9.45. The number of ether oxygens (including phenoxy) is 2. The standard InChI is InChI=1S/C19H39N3O4/c1-9-12(3)17(22(5)6)15(25-7)11-16(23)21-14(10-2)18(26-8)13(4)19(20)24/h12-15,17-18H,9-11H2,1-8H3,(H2,20,24)(H,21,23). The molecule has 0 saturated heterocycles. The first-order valence-corrected chi connectivity index (χ1v) is 9.45. The van der Waals surface area contributed by atoms with Crippen LogP contribution in [0.2, 0.25) is 0 Å². The van der Waals surface area contributed by atoms with Gasteiger partial charge in [-0.1, -0.05) is 34.1 Å². The number of hydrogen-bond acceptors (Lipinski definition) is 5. The molecule has 0 aromatic rings. The molecule has 3 N–H and O–H groups in total. The minimum atomic E-state index is -0.488. The zero-order chi connectivity index (χ0) is 20.4. The molecule has 26 heavy (non-hydrogen) atoms. The van der Waals surface area contributed by atoms with Gasteiger partial charge < -0.3 is 25.4 Å². The van der Waals surface area contributed by atoms with Gasteiger partial charge in [-0.15, -0.1) is 0 Å². The molecule has 7 nitrogen and oxygen atoms in total. The van der Waals surface area contributed by atoms with Gasteiger partial charge in [-0.25, -0.2) is 0 Å². The highest BCUT2D eigenvalue weighted by atomic mass is 16.5. The van der Waals surface area contributed by atoms with Crippen molar-refractivity contribution in [3.05, 3.63) is 0 Å². The molecule has 0 saturated carbocycles. The van der Waals surface area contributed by atoms with Crippen molar-refractivity contribution < 1.29 is 19.1 Å². The summed E-state index contributed by atoms with van der Waals surface area (Å²) in [6, 6.07) is -0.146. The third-order valence-corrected chi connectivity index (χ3v) is 5.29. The Labute approximate surface area is 159 Å². The van der Waals surface area contributed by atoms with Gasteiger partial charge >= 0.3 is 0 Å². The number of nitrogens with one attached hydrogen (secondary N) is 1. The molecule has 0 aliphatic carbocycles. The Balaban J connectivity index is 5.12. The SMILES string of the molecule is CCC(C)C(C(CC(=O)NC(CC)C(OC)C(C)C(N)=O)OC)N(C)C. The molecular weight excluding hydrogens is 334 g/mol. The van der Waals surface area contributed by atoms with Crippen LogP contribution in [0, 0.1) is 11.8 Å². The molecule has 0 aromatic carbocycles. The van der Waals surface area contributed by atoms with Crippen molar-refractivity contribution >= 4 is 11.8 Å². The van der Waals surface area contributed by atoms with Gasteiger partial charge in [-0.05, 0) is 26.4 Å². The van der Waals surface area contributed by atoms with Gasteiger partial charge in [-0.2, -0.15) is 0 Å². The summed E-state index contributed by atoms with van der Waals surface area (Å²) in [7, 11) is 7.18. The number of nitrogens with two attached hydrogens (primary N) is 1. The number of carbonyl (C=O) groups is 2. The van der Waals surface area contributed by atoms with Gasteiger partial charge in [0.15, 0.2) is 0 Å². The van der Waals surface area contributed by atoms with E-state index in [2.05, 4.69) is 24.1 Å². The van der Waals surface area contributed by atoms with Crippen molar-refractivity contribution in [3.8, 4) is 0 Å². The van der Waals surface area contributed by atoms with E-state index in [1.807, 2.05) is 21.0 Å². The first-order chi connectivity index (χ1) is 12.1. The van der Waals surface area contributed by atoms with E-state index in [0.717, 1.165) is 6.42 Å². The quantitative estimate of drug-likeness (QED) is 0.509. The van der Waals surface area contributed by atoms with Gasteiger partial charge in [0.1, 0.15) is 0 Å². The molecule has 0 rings (SSSR count). The molecule has 0 aliphatic rings. The second-order valence-corrected chi connectivity index (χ2v) is 7.29. The Morgan fingerprint density at radius 2 is 1.65 bits per heavy atom. The van der Waals surface area contributed by atoms with Gasteiger partial charge in [0.05, 0.1) is 30.6 Å². The molecule has 0 fully saturated rings. The van der Waals surface area contributed by atoms with Crippen molar-refractivity contribution in [1.82, 2.24) is 10.2 Å². The number of nitrogens with zero attached hydrogens (tertiary/aromatic N) is 1. The largest absolute Gasteiger partial charge is 0.379 e. The Morgan fingerprint density at radius 3 is 2.00 bits per heavy atom. The summed E-state index contributed by atoms with van der Waals surface area (Å²) >= 11 is 0. The molecule has 0 spiro atoms. The van der Waals surface area contributed by atoms with E-state index >= 15 is 0 Å². The molecular formula is C19H39N3O4. The lowest BCUT2D eigenvalue weighted by Gasteiger charge is -2.36. The molecule has 0 heterocycles. The molecule has 0 bridgehead atoms. The molecule has 0 aliphatic heterocycles. The number of primary amides is 1. The Kier molecular flexibility index (Phi) is 11.7. The summed E-state index contributed by atoms with van der Waals surface area (Å²) < 4.78 is 11.1. The summed E-state index contributed by atoms with van der Waals surface area (Å²) in [6.45, 7) is 7.96. The highest BCUT2D eigenvalue weighted by molar-refractivity contribution is 5.78. The topological polar surface area (TPSA) is 93.9 Å². The van der Waals surface area contributed by atoms with Gasteiger partial charge in [0, 0.05) is 20.3 Å². The monoisotopic (exact) mass is 373 g/mol. The third-order valence-electron chi connectivity index (χ3n) is 5.29. The lowest BCUT2D eigenvalue weighted by atomic mass is 9.91. The molecule has 2 amide bonds. The van der Waals surface area contributed by atoms with E-state index in [-0.39, 0.29) is 30.5 Å². The number of carbonyl (C=O) groups excluding carboxylic acids is 2. The average molecular weight is 374 g/mol. The van der Waals surface area contributed by atoms with Crippen LogP contribution in [0.15, 0.2) is 0 Å². The fraction of sp³-hybridized carbons (Fsp3) is 0.895. The maximum Gasteiger partial charge on any atom is 0.222 e. The zero-order valence-electron chi connectivity index (χ0n) is 17.7. The third kappa shape index (κ3) is 7.21. The summed E-state index contributed by atoms with van der Waals surface area (Å²) in [5, 5.41) is 3.00. The average Bonchev–Trinajstić information content (AvgIpc) is 2.59. The van der Waals surface area contributed by atoms with E-state index in [1.165, 1.54) is 7.11 Å². The van der Waals surface area contributed by atoms with Crippen molar-refractivity contribution in [2.45, 2.75) is 71.2 Å². The number of amides is 2. The predicted molar refractivity (Wildman–Crippen MR) is 104 cm³/mol. The van der Waals surface area contributed by atoms with Crippen LogP contribution in [0.5, 0.6) is 0 Å². The lowest BCUT2D eigenvalue weighted by molar-refractivity contribution is -0.131. The molecule has 7 heteroatoms. The van der Waals surface area contributed by atoms with Gasteiger partial charge in [0.25, 0.3) is 0 Å². The molecule has 0 radical (unpaired) electrons. The van der Waals surface area contributed by atoms with Crippen molar-refractivity contribution in [3.63, 3.8) is 0 Å². The van der Waals surface area contributed by atoms with E-state index in [9.17, 15) is 9.59 Å². The normalized spacial score (nSPS) is 18.7. The van der Waals surface area contributed by atoms with Crippen molar-refractivity contribution in [2.24, 2.45) is 17.6 Å². The Morgan fingerprint density at radius 1 is 1.08 bits per heavy atom. The first kappa shape index (κ1) is 24.8. The van der Waals surface area contributed by atoms with Crippen LogP contribution in [0.25, 0.3) is 0 Å². The van der Waals surface area contributed by atoms with Crippen LogP contribution in [0.3, 0.4) is 0 Å². The van der Waals surface area contributed by atoms with Crippen molar-refractivity contribution in [2.75, 3.05) is 28.3 Å². The second-order valence-electron chi connectivity index (χ2n) is 7.29. The van der Waals surface area contributed by atoms with Crippen LogP contribution < -0.4 is 11.1 Å². The highest BCUT2D eigenvalue weighted by Crippen LogP contribution is 2.21. The summed E-state index contributed by atoms with van der Waals surface area (Å²) in [6.07, 6.45) is 1.22. The number of methoxy groups -OCH3 is 2. The summed E-state index contributed by atoms with van der Waals surface area (Å²) in [5.41, 5.74) is 5.40. The molecule has 0 aromatic heterocycles. The van der Waals surface area contributed by atoms with E-state index in [0.29, 0.717) is 12.3 Å². The van der Waals surface area contributed by atoms with Crippen LogP contribution in [-0.4, -0.2) is 69.3 Å². The van der Waals surface area contributed by atoms with Gasteiger partial charge in [-0.3, -0.25) is 9.59 Å². The second kappa shape index (κ2) is 12.3. The highest BCUT2D eigenvalue weighted by Gasteiger charge is 2.33. The number of rotatable bonds is 13. The maximum absolute atomic E-state index is 12.7. The zero-order valence-corrected chi connectivity index (χ0v) is 17.7. The molecule has 6 atom stereocenters. The molecule has 6 unspecified atom stereocenters. The van der Waals surface area contributed by atoms with Crippen LogP contribution in [0.4, 0.5) is 0 Å². The summed E-state index contributed by atoms with van der Waals surface area (Å²) in [4.78, 5) is 26.3. The van der Waals surface area contributed by atoms with Crippen LogP contribution in [0.1, 0.15) is 47.0 Å². The van der Waals surface area contributed by atoms with Crippen LogP contribution >= 0.6 is 0 Å². The minimum Gasteiger partial charge on any atom is -0.379 e. The summed E-state index contributed by atoms with van der Waals surface area (Å²) in [5.74, 6) is -0.647. The fourth-order valence-corrected chi connectivity index (χ4v) is 3.54. The van der Waals surface area contributed by atoms with E-state index in [1.54, 1.807) is 14.0 Å².